The Hall–Kier alpha value is -1.30. The number of carbonyl (C=O) groups excluding carboxylic acids is 1. The molecule has 0 aliphatic carbocycles. The van der Waals surface area contributed by atoms with Gasteiger partial charge in [0.25, 0.3) is 0 Å². The summed E-state index contributed by atoms with van der Waals surface area (Å²) < 4.78 is 0. The Labute approximate surface area is 155 Å². The first-order valence-corrected chi connectivity index (χ1v) is 9.58. The molecule has 0 radical (unpaired) electrons. The molecule has 1 aromatic carbocycles. The van der Waals surface area contributed by atoms with Crippen LogP contribution in [0.25, 0.3) is 0 Å². The van der Waals surface area contributed by atoms with Crippen molar-refractivity contribution in [2.45, 2.75) is 37.9 Å². The first-order chi connectivity index (χ1) is 12.0. The average molecular weight is 365 g/mol. The number of benzene rings is 1. The maximum absolute atomic E-state index is 12.5. The van der Waals surface area contributed by atoms with Gasteiger partial charge in [-0.25, -0.2) is 4.79 Å². The van der Waals surface area contributed by atoms with Crippen molar-refractivity contribution < 1.29 is 4.79 Å². The van der Waals surface area contributed by atoms with E-state index in [-0.39, 0.29) is 6.03 Å². The SMILES string of the molecule is CN(C)C1CCN(C(=O)NC2CCN(Cc3ccc(Cl)cc3)CC2)C1. The Morgan fingerprint density at radius 2 is 1.84 bits per heavy atom. The minimum atomic E-state index is 0.112. The van der Waals surface area contributed by atoms with Crippen LogP contribution in [0.4, 0.5) is 4.79 Å². The Morgan fingerprint density at radius 1 is 1.16 bits per heavy atom. The number of likely N-dealkylation sites (N-methyl/N-ethyl adjacent to an activating group) is 1. The third-order valence-corrected chi connectivity index (χ3v) is 5.67. The van der Waals surface area contributed by atoms with Gasteiger partial charge in [0, 0.05) is 49.8 Å². The fourth-order valence-electron chi connectivity index (χ4n) is 3.70. The van der Waals surface area contributed by atoms with E-state index in [4.69, 9.17) is 11.6 Å². The highest BCUT2D eigenvalue weighted by atomic mass is 35.5. The smallest absolute Gasteiger partial charge is 0.317 e. The maximum atomic E-state index is 12.5. The molecule has 3 rings (SSSR count). The number of amides is 2. The van der Waals surface area contributed by atoms with Gasteiger partial charge >= 0.3 is 6.03 Å². The van der Waals surface area contributed by atoms with Gasteiger partial charge in [-0.2, -0.15) is 0 Å². The van der Waals surface area contributed by atoms with Gasteiger partial charge in [0.1, 0.15) is 0 Å². The second kappa shape index (κ2) is 8.39. The van der Waals surface area contributed by atoms with Gasteiger partial charge in [0.15, 0.2) is 0 Å². The van der Waals surface area contributed by atoms with Crippen molar-refractivity contribution in [1.82, 2.24) is 20.0 Å². The first-order valence-electron chi connectivity index (χ1n) is 9.20. The highest BCUT2D eigenvalue weighted by molar-refractivity contribution is 6.30. The molecule has 2 fully saturated rings. The molecule has 2 saturated heterocycles. The number of nitrogens with zero attached hydrogens (tertiary/aromatic N) is 3. The number of piperidine rings is 1. The standard InChI is InChI=1S/C19H29ClN4O/c1-22(2)18-9-12-24(14-18)19(25)21-17-7-10-23(11-8-17)13-15-3-5-16(20)6-4-15/h3-6,17-18H,7-14H2,1-2H3,(H,21,25). The number of urea groups is 1. The van der Waals surface area contributed by atoms with Crippen molar-refractivity contribution in [2.24, 2.45) is 0 Å². The molecule has 0 bridgehead atoms. The van der Waals surface area contributed by atoms with Crippen LogP contribution in [-0.4, -0.2) is 73.1 Å². The van der Waals surface area contributed by atoms with Gasteiger partial charge in [-0.05, 0) is 51.1 Å². The number of carbonyl (C=O) groups is 1. The van der Waals surface area contributed by atoms with Crippen molar-refractivity contribution in [3.63, 3.8) is 0 Å². The van der Waals surface area contributed by atoms with Crippen LogP contribution >= 0.6 is 11.6 Å². The molecule has 5 nitrogen and oxygen atoms in total. The average Bonchev–Trinajstić information content (AvgIpc) is 3.09. The van der Waals surface area contributed by atoms with Crippen LogP contribution < -0.4 is 5.32 Å². The Bertz CT molecular complexity index is 569. The van der Waals surface area contributed by atoms with Gasteiger partial charge in [0.05, 0.1) is 0 Å². The van der Waals surface area contributed by atoms with Crippen LogP contribution in [0.5, 0.6) is 0 Å². The first kappa shape index (κ1) is 18.5. The van der Waals surface area contributed by atoms with E-state index in [0.29, 0.717) is 12.1 Å². The van der Waals surface area contributed by atoms with Crippen LogP contribution in [-0.2, 0) is 6.54 Å². The van der Waals surface area contributed by atoms with E-state index < -0.39 is 0 Å². The van der Waals surface area contributed by atoms with Crippen LogP contribution in [0, 0.1) is 0 Å². The molecule has 0 spiro atoms. The van der Waals surface area contributed by atoms with Gasteiger partial charge in [0.2, 0.25) is 0 Å². The number of likely N-dealkylation sites (tertiary alicyclic amines) is 2. The summed E-state index contributed by atoms with van der Waals surface area (Å²) in [7, 11) is 4.17. The molecule has 25 heavy (non-hydrogen) atoms. The minimum Gasteiger partial charge on any atom is -0.335 e. The number of hydrogen-bond donors (Lipinski definition) is 1. The van der Waals surface area contributed by atoms with Crippen molar-refractivity contribution in [3.8, 4) is 0 Å². The third-order valence-electron chi connectivity index (χ3n) is 5.42. The summed E-state index contributed by atoms with van der Waals surface area (Å²) in [6, 6.07) is 8.97. The largest absolute Gasteiger partial charge is 0.335 e. The van der Waals surface area contributed by atoms with Crippen LogP contribution in [0.3, 0.4) is 0 Å². The molecule has 2 aliphatic rings. The van der Waals surface area contributed by atoms with Crippen LogP contribution in [0.15, 0.2) is 24.3 Å². The van der Waals surface area contributed by atoms with Gasteiger partial charge < -0.3 is 15.1 Å². The predicted molar refractivity (Wildman–Crippen MR) is 102 cm³/mol. The normalized spacial score (nSPS) is 22.6. The molecule has 1 N–H and O–H groups in total. The van der Waals surface area contributed by atoms with Crippen molar-refractivity contribution in [1.29, 1.82) is 0 Å². The maximum Gasteiger partial charge on any atom is 0.317 e. The zero-order valence-corrected chi connectivity index (χ0v) is 16.0. The monoisotopic (exact) mass is 364 g/mol. The minimum absolute atomic E-state index is 0.112. The van der Waals surface area contributed by atoms with E-state index in [1.165, 1.54) is 5.56 Å². The number of nitrogens with one attached hydrogen (secondary N) is 1. The molecule has 2 aliphatic heterocycles. The number of halogens is 1. The lowest BCUT2D eigenvalue weighted by Crippen LogP contribution is -2.49. The summed E-state index contributed by atoms with van der Waals surface area (Å²) in [4.78, 5) is 19.1. The van der Waals surface area contributed by atoms with E-state index in [1.807, 2.05) is 17.0 Å². The lowest BCUT2D eigenvalue weighted by atomic mass is 10.0. The van der Waals surface area contributed by atoms with E-state index in [9.17, 15) is 4.79 Å². The van der Waals surface area contributed by atoms with Gasteiger partial charge in [-0.1, -0.05) is 23.7 Å². The van der Waals surface area contributed by atoms with Crippen molar-refractivity contribution in [2.75, 3.05) is 40.3 Å². The number of hydrogen-bond acceptors (Lipinski definition) is 3. The Kier molecular flexibility index (Phi) is 6.20. The number of rotatable bonds is 4. The third kappa shape index (κ3) is 5.09. The molecular formula is C19H29ClN4O. The molecule has 1 atom stereocenters. The molecule has 0 saturated carbocycles. The summed E-state index contributed by atoms with van der Waals surface area (Å²) in [5, 5.41) is 4.02. The molecule has 2 amide bonds. The summed E-state index contributed by atoms with van der Waals surface area (Å²) >= 11 is 5.94. The Morgan fingerprint density at radius 3 is 2.44 bits per heavy atom. The van der Waals surface area contributed by atoms with E-state index in [0.717, 1.165) is 57.0 Å². The summed E-state index contributed by atoms with van der Waals surface area (Å²) in [5.74, 6) is 0. The zero-order chi connectivity index (χ0) is 17.8. The van der Waals surface area contributed by atoms with E-state index >= 15 is 0 Å². The second-order valence-electron chi connectivity index (χ2n) is 7.48. The summed E-state index contributed by atoms with van der Waals surface area (Å²) in [5.41, 5.74) is 1.29. The van der Waals surface area contributed by atoms with Gasteiger partial charge in [-0.15, -0.1) is 0 Å². The van der Waals surface area contributed by atoms with Gasteiger partial charge in [-0.3, -0.25) is 4.90 Å². The molecule has 1 unspecified atom stereocenters. The lowest BCUT2D eigenvalue weighted by molar-refractivity contribution is 0.172. The molecule has 2 heterocycles. The summed E-state index contributed by atoms with van der Waals surface area (Å²) in [6.07, 6.45) is 3.11. The quantitative estimate of drug-likeness (QED) is 0.892. The highest BCUT2D eigenvalue weighted by Crippen LogP contribution is 2.17. The van der Waals surface area contributed by atoms with Crippen molar-refractivity contribution >= 4 is 17.6 Å². The molecular weight excluding hydrogens is 336 g/mol. The van der Waals surface area contributed by atoms with E-state index in [2.05, 4.69) is 41.3 Å². The van der Waals surface area contributed by atoms with Crippen LogP contribution in [0.2, 0.25) is 5.02 Å². The van der Waals surface area contributed by atoms with E-state index in [1.54, 1.807) is 0 Å². The highest BCUT2D eigenvalue weighted by Gasteiger charge is 2.29. The fraction of sp³-hybridized carbons (Fsp3) is 0.632. The molecule has 0 aromatic heterocycles. The predicted octanol–water partition coefficient (Wildman–Crippen LogP) is 2.65. The molecule has 6 heteroatoms. The Balaban J connectivity index is 1.40. The topological polar surface area (TPSA) is 38.8 Å². The van der Waals surface area contributed by atoms with Crippen molar-refractivity contribution in [3.05, 3.63) is 34.9 Å². The lowest BCUT2D eigenvalue weighted by Gasteiger charge is -2.33. The summed E-state index contributed by atoms with van der Waals surface area (Å²) in [6.45, 7) is 4.70. The molecule has 1 aromatic rings. The second-order valence-corrected chi connectivity index (χ2v) is 7.91. The fourth-order valence-corrected chi connectivity index (χ4v) is 3.82. The van der Waals surface area contributed by atoms with Crippen LogP contribution in [0.1, 0.15) is 24.8 Å². The molecule has 138 valence electrons. The zero-order valence-electron chi connectivity index (χ0n) is 15.2.